The van der Waals surface area contributed by atoms with Gasteiger partial charge in [0.15, 0.2) is 0 Å². The van der Waals surface area contributed by atoms with E-state index in [4.69, 9.17) is 10.6 Å². The maximum atomic E-state index is 5.42. The molecule has 0 bridgehead atoms. The first-order valence-electron chi connectivity index (χ1n) is 6.02. The number of nitrogens with one attached hydrogen (secondary N) is 1. The summed E-state index contributed by atoms with van der Waals surface area (Å²) >= 11 is 3.34. The normalized spacial score (nSPS) is 15.4. The van der Waals surface area contributed by atoms with E-state index < -0.39 is 0 Å². The van der Waals surface area contributed by atoms with Crippen LogP contribution in [-0.2, 0) is 4.74 Å². The van der Waals surface area contributed by atoms with E-state index >= 15 is 0 Å². The number of nitrogen functional groups attached to an aromatic ring is 1. The van der Waals surface area contributed by atoms with E-state index in [1.54, 1.807) is 17.1 Å². The Morgan fingerprint density at radius 2 is 1.95 bits per heavy atom. The van der Waals surface area contributed by atoms with Crippen molar-refractivity contribution in [3.63, 3.8) is 0 Å². The van der Waals surface area contributed by atoms with Crippen molar-refractivity contribution in [2.75, 3.05) is 36.6 Å². The molecular formula is C10H13BrN8O. The molecule has 106 valence electrons. The van der Waals surface area contributed by atoms with Gasteiger partial charge >= 0.3 is 0 Å². The molecule has 2 aromatic heterocycles. The highest BCUT2D eigenvalue weighted by atomic mass is 79.9. The third kappa shape index (κ3) is 2.71. The molecule has 1 fully saturated rings. The smallest absolute Gasteiger partial charge is 0.257 e. The lowest BCUT2D eigenvalue weighted by Gasteiger charge is -2.26. The van der Waals surface area contributed by atoms with Crippen LogP contribution in [0.5, 0.6) is 0 Å². The van der Waals surface area contributed by atoms with Crippen LogP contribution in [0.2, 0.25) is 0 Å². The summed E-state index contributed by atoms with van der Waals surface area (Å²) < 4.78 is 7.71. The van der Waals surface area contributed by atoms with Crippen molar-refractivity contribution < 1.29 is 4.74 Å². The highest BCUT2D eigenvalue weighted by Gasteiger charge is 2.17. The van der Waals surface area contributed by atoms with Crippen LogP contribution < -0.4 is 16.2 Å². The van der Waals surface area contributed by atoms with Gasteiger partial charge in [-0.15, -0.1) is 0 Å². The fraction of sp³-hybridized carbons (Fsp3) is 0.400. The van der Waals surface area contributed by atoms with Gasteiger partial charge in [-0.2, -0.15) is 20.1 Å². The first-order valence-corrected chi connectivity index (χ1v) is 6.81. The molecule has 1 aliphatic rings. The predicted octanol–water partition coefficient (Wildman–Crippen LogP) is -0.0580. The Bertz CT molecular complexity index is 597. The quantitative estimate of drug-likeness (QED) is 0.591. The summed E-state index contributed by atoms with van der Waals surface area (Å²) in [6.07, 6.45) is 3.42. The van der Waals surface area contributed by atoms with Crippen LogP contribution in [0.1, 0.15) is 0 Å². The van der Waals surface area contributed by atoms with E-state index in [0.29, 0.717) is 31.1 Å². The number of morpholine rings is 1. The van der Waals surface area contributed by atoms with Crippen molar-refractivity contribution in [1.82, 2.24) is 24.7 Å². The second-order valence-electron chi connectivity index (χ2n) is 4.11. The number of hydrazine groups is 1. The maximum absolute atomic E-state index is 5.42. The fourth-order valence-electron chi connectivity index (χ4n) is 1.84. The highest BCUT2D eigenvalue weighted by Crippen LogP contribution is 2.15. The minimum Gasteiger partial charge on any atom is -0.378 e. The average molecular weight is 341 g/mol. The molecule has 3 rings (SSSR count). The van der Waals surface area contributed by atoms with Crippen LogP contribution >= 0.6 is 15.9 Å². The van der Waals surface area contributed by atoms with Gasteiger partial charge in [-0.1, -0.05) is 0 Å². The lowest BCUT2D eigenvalue weighted by molar-refractivity contribution is 0.122. The monoisotopic (exact) mass is 340 g/mol. The molecule has 0 amide bonds. The van der Waals surface area contributed by atoms with E-state index in [1.807, 2.05) is 4.90 Å². The molecule has 0 atom stereocenters. The maximum Gasteiger partial charge on any atom is 0.257 e. The average Bonchev–Trinajstić information content (AvgIpc) is 2.94. The fourth-order valence-corrected chi connectivity index (χ4v) is 2.12. The third-order valence-electron chi connectivity index (χ3n) is 2.79. The second kappa shape index (κ2) is 5.69. The number of halogens is 1. The predicted molar refractivity (Wildman–Crippen MR) is 75.5 cm³/mol. The van der Waals surface area contributed by atoms with Crippen molar-refractivity contribution in [2.24, 2.45) is 5.84 Å². The zero-order valence-corrected chi connectivity index (χ0v) is 12.1. The number of hydrogen-bond donors (Lipinski definition) is 2. The number of rotatable bonds is 3. The van der Waals surface area contributed by atoms with Crippen LogP contribution in [0.25, 0.3) is 5.95 Å². The lowest BCUT2D eigenvalue weighted by atomic mass is 10.4. The first kappa shape index (κ1) is 13.2. The summed E-state index contributed by atoms with van der Waals surface area (Å²) in [7, 11) is 0. The number of nitrogens with zero attached hydrogens (tertiary/aromatic N) is 6. The van der Waals surface area contributed by atoms with Crippen LogP contribution in [0.3, 0.4) is 0 Å². The second-order valence-corrected chi connectivity index (χ2v) is 5.02. The van der Waals surface area contributed by atoms with Crippen molar-refractivity contribution in [3.05, 3.63) is 16.9 Å². The van der Waals surface area contributed by atoms with Crippen LogP contribution in [-0.4, -0.2) is 51.0 Å². The summed E-state index contributed by atoms with van der Waals surface area (Å²) in [4.78, 5) is 14.9. The van der Waals surface area contributed by atoms with Crippen LogP contribution in [0, 0.1) is 0 Å². The van der Waals surface area contributed by atoms with Crippen LogP contribution in [0.15, 0.2) is 16.9 Å². The molecule has 1 aliphatic heterocycles. The Morgan fingerprint density at radius 1 is 1.20 bits per heavy atom. The molecule has 10 heteroatoms. The third-order valence-corrected chi connectivity index (χ3v) is 3.20. The topological polar surface area (TPSA) is 107 Å². The molecule has 9 nitrogen and oxygen atoms in total. The molecule has 0 saturated carbocycles. The van der Waals surface area contributed by atoms with E-state index in [-0.39, 0.29) is 0 Å². The summed E-state index contributed by atoms with van der Waals surface area (Å²) in [6.45, 7) is 2.77. The highest BCUT2D eigenvalue weighted by molar-refractivity contribution is 9.10. The zero-order valence-electron chi connectivity index (χ0n) is 10.5. The molecule has 0 aliphatic carbocycles. The van der Waals surface area contributed by atoms with Crippen molar-refractivity contribution in [2.45, 2.75) is 0 Å². The van der Waals surface area contributed by atoms with Gasteiger partial charge in [-0.05, 0) is 15.9 Å². The summed E-state index contributed by atoms with van der Waals surface area (Å²) in [5.41, 5.74) is 2.45. The van der Waals surface area contributed by atoms with Crippen molar-refractivity contribution in [3.8, 4) is 5.95 Å². The number of ether oxygens (including phenoxy) is 1. The Balaban J connectivity index is 1.97. The summed E-state index contributed by atoms with van der Waals surface area (Å²) in [5.74, 6) is 6.67. The Morgan fingerprint density at radius 3 is 2.60 bits per heavy atom. The van der Waals surface area contributed by atoms with Gasteiger partial charge in [0, 0.05) is 19.3 Å². The molecule has 2 aromatic rings. The molecule has 1 saturated heterocycles. The van der Waals surface area contributed by atoms with Gasteiger partial charge in [0.1, 0.15) is 0 Å². The van der Waals surface area contributed by atoms with Gasteiger partial charge < -0.3 is 9.64 Å². The number of aromatic nitrogens is 5. The molecule has 3 heterocycles. The molecule has 20 heavy (non-hydrogen) atoms. The minimum atomic E-state index is 0.295. The summed E-state index contributed by atoms with van der Waals surface area (Å²) in [6, 6.07) is 0. The minimum absolute atomic E-state index is 0.295. The molecule has 0 aromatic carbocycles. The Labute approximate surface area is 123 Å². The standard InChI is InChI=1S/C10H13BrN8O/c11-7-5-13-19(6-7)10-15-8(17-12)14-9(16-10)18-1-3-20-4-2-18/h5-6H,1-4,12H2,(H,14,15,16,17). The molecule has 3 N–H and O–H groups in total. The number of hydrogen-bond acceptors (Lipinski definition) is 8. The van der Waals surface area contributed by atoms with Crippen molar-refractivity contribution >= 4 is 27.8 Å². The SMILES string of the molecule is NNc1nc(N2CCOCC2)nc(-n2cc(Br)cn2)n1. The van der Waals surface area contributed by atoms with E-state index in [9.17, 15) is 0 Å². The molecular weight excluding hydrogens is 328 g/mol. The largest absolute Gasteiger partial charge is 0.378 e. The Hall–Kier alpha value is -1.78. The van der Waals surface area contributed by atoms with Crippen molar-refractivity contribution in [1.29, 1.82) is 0 Å². The van der Waals surface area contributed by atoms with Gasteiger partial charge in [-0.25, -0.2) is 10.5 Å². The lowest BCUT2D eigenvalue weighted by Crippen LogP contribution is -2.37. The first-order chi connectivity index (χ1) is 9.76. The van der Waals surface area contributed by atoms with Gasteiger partial charge in [0.05, 0.1) is 23.9 Å². The molecule has 0 spiro atoms. The van der Waals surface area contributed by atoms with E-state index in [2.05, 4.69) is 41.4 Å². The van der Waals surface area contributed by atoms with E-state index in [1.165, 1.54) is 0 Å². The van der Waals surface area contributed by atoms with Gasteiger partial charge in [0.25, 0.3) is 5.95 Å². The summed E-state index contributed by atoms with van der Waals surface area (Å²) in [5, 5.41) is 4.15. The Kier molecular flexibility index (Phi) is 3.76. The van der Waals surface area contributed by atoms with E-state index in [0.717, 1.165) is 17.6 Å². The van der Waals surface area contributed by atoms with Gasteiger partial charge in [0.2, 0.25) is 11.9 Å². The van der Waals surface area contributed by atoms with Gasteiger partial charge in [-0.3, -0.25) is 5.43 Å². The molecule has 0 unspecified atom stereocenters. The number of anilines is 2. The number of nitrogens with two attached hydrogens (primary N) is 1. The molecule has 0 radical (unpaired) electrons. The zero-order chi connectivity index (χ0) is 13.9. The van der Waals surface area contributed by atoms with Crippen LogP contribution in [0.4, 0.5) is 11.9 Å².